The fraction of sp³-hybridized carbons (Fsp3) is 0.400. The summed E-state index contributed by atoms with van der Waals surface area (Å²) in [6.07, 6.45) is -0.712. The first-order valence-corrected chi connectivity index (χ1v) is 6.82. The van der Waals surface area contributed by atoms with Gasteiger partial charge in [0.05, 0.1) is 19.1 Å². The Labute approximate surface area is 128 Å². The molecule has 0 heterocycles. The van der Waals surface area contributed by atoms with Gasteiger partial charge in [0.25, 0.3) is 0 Å². The summed E-state index contributed by atoms with van der Waals surface area (Å²) in [5, 5.41) is 11.8. The van der Waals surface area contributed by atoms with Gasteiger partial charge in [-0.25, -0.2) is 9.59 Å². The van der Waals surface area contributed by atoms with Crippen LogP contribution in [-0.4, -0.2) is 42.8 Å². The van der Waals surface area contributed by atoms with Gasteiger partial charge in [-0.1, -0.05) is 6.92 Å². The molecule has 0 aliphatic rings. The molecule has 0 amide bonds. The highest BCUT2D eigenvalue weighted by molar-refractivity contribution is 5.91. The van der Waals surface area contributed by atoms with Gasteiger partial charge in [-0.05, 0) is 30.7 Å². The second-order valence-corrected chi connectivity index (χ2v) is 4.47. The lowest BCUT2D eigenvalue weighted by atomic mass is 10.2. The van der Waals surface area contributed by atoms with Crippen LogP contribution in [0, 0.1) is 0 Å². The molecule has 0 saturated heterocycles. The first kappa shape index (κ1) is 17.5. The van der Waals surface area contributed by atoms with Gasteiger partial charge in [-0.3, -0.25) is 4.79 Å². The normalized spacial score (nSPS) is 11.4. The summed E-state index contributed by atoms with van der Waals surface area (Å²) in [6, 6.07) is 6.35. The number of carboxylic acids is 1. The number of rotatable bonds is 8. The number of carboxylic acid groups (broad SMARTS) is 1. The van der Waals surface area contributed by atoms with Crippen LogP contribution in [0.5, 0.6) is 0 Å². The van der Waals surface area contributed by atoms with Crippen molar-refractivity contribution in [2.24, 2.45) is 0 Å². The molecule has 120 valence electrons. The van der Waals surface area contributed by atoms with Crippen LogP contribution >= 0.6 is 0 Å². The number of carbonyl (C=O) groups is 3. The van der Waals surface area contributed by atoms with E-state index in [1.54, 1.807) is 19.1 Å². The number of nitrogens with one attached hydrogen (secondary N) is 1. The molecule has 0 bridgehead atoms. The maximum absolute atomic E-state index is 11.8. The van der Waals surface area contributed by atoms with Crippen LogP contribution in [0.25, 0.3) is 0 Å². The molecule has 7 nitrogen and oxygen atoms in total. The van der Waals surface area contributed by atoms with E-state index in [0.29, 0.717) is 6.54 Å². The van der Waals surface area contributed by atoms with Crippen molar-refractivity contribution in [3.63, 3.8) is 0 Å². The molecular formula is C15H19NO6. The van der Waals surface area contributed by atoms with E-state index in [2.05, 4.69) is 10.1 Å². The maximum Gasteiger partial charge on any atom is 0.345 e. The van der Waals surface area contributed by atoms with Gasteiger partial charge in [0.1, 0.15) is 0 Å². The Hall–Kier alpha value is -2.57. The minimum atomic E-state index is -1.17. The second kappa shape index (κ2) is 8.66. The molecule has 1 unspecified atom stereocenters. The highest BCUT2D eigenvalue weighted by Crippen LogP contribution is 2.12. The highest BCUT2D eigenvalue weighted by Gasteiger charge is 2.20. The summed E-state index contributed by atoms with van der Waals surface area (Å²) in [7, 11) is 1.32. The first-order valence-electron chi connectivity index (χ1n) is 6.82. The van der Waals surface area contributed by atoms with Crippen molar-refractivity contribution in [1.29, 1.82) is 0 Å². The lowest BCUT2D eigenvalue weighted by molar-refractivity contribution is -0.147. The Kier molecular flexibility index (Phi) is 6.88. The molecule has 0 radical (unpaired) electrons. The van der Waals surface area contributed by atoms with E-state index in [-0.39, 0.29) is 24.4 Å². The third kappa shape index (κ3) is 5.43. The molecule has 0 fully saturated rings. The van der Waals surface area contributed by atoms with Crippen molar-refractivity contribution >= 4 is 23.6 Å². The molecule has 22 heavy (non-hydrogen) atoms. The monoisotopic (exact) mass is 309 g/mol. The van der Waals surface area contributed by atoms with E-state index in [1.807, 2.05) is 0 Å². The van der Waals surface area contributed by atoms with Crippen LogP contribution in [0.4, 0.5) is 5.69 Å². The number of methoxy groups -OCH3 is 1. The summed E-state index contributed by atoms with van der Waals surface area (Å²) >= 11 is 0. The van der Waals surface area contributed by atoms with Crippen molar-refractivity contribution in [2.45, 2.75) is 25.9 Å². The van der Waals surface area contributed by atoms with Crippen LogP contribution in [0.2, 0.25) is 0 Å². The quantitative estimate of drug-likeness (QED) is 0.704. The number of benzene rings is 1. The Morgan fingerprint density at radius 2 is 1.86 bits per heavy atom. The summed E-state index contributed by atoms with van der Waals surface area (Å²) < 4.78 is 9.41. The zero-order valence-electron chi connectivity index (χ0n) is 12.5. The van der Waals surface area contributed by atoms with Crippen molar-refractivity contribution in [3.8, 4) is 0 Å². The van der Waals surface area contributed by atoms with Gasteiger partial charge in [0.15, 0.2) is 6.10 Å². The van der Waals surface area contributed by atoms with Gasteiger partial charge in [0, 0.05) is 12.2 Å². The number of anilines is 1. The predicted molar refractivity (Wildman–Crippen MR) is 78.7 cm³/mol. The Bertz CT molecular complexity index is 525. The number of hydrogen-bond donors (Lipinski definition) is 2. The summed E-state index contributed by atoms with van der Waals surface area (Å²) in [5.74, 6) is -2.17. The molecule has 0 spiro atoms. The van der Waals surface area contributed by atoms with Crippen molar-refractivity contribution in [3.05, 3.63) is 29.8 Å². The van der Waals surface area contributed by atoms with Crippen molar-refractivity contribution < 1.29 is 29.0 Å². The average molecular weight is 309 g/mol. The largest absolute Gasteiger partial charge is 0.479 e. The third-order valence-corrected chi connectivity index (χ3v) is 2.90. The maximum atomic E-state index is 11.8. The van der Waals surface area contributed by atoms with Gasteiger partial charge in [-0.15, -0.1) is 0 Å². The molecule has 0 aliphatic heterocycles. The molecule has 7 heteroatoms. The van der Waals surface area contributed by atoms with Crippen molar-refractivity contribution in [1.82, 2.24) is 0 Å². The molecule has 1 atom stereocenters. The summed E-state index contributed by atoms with van der Waals surface area (Å²) in [5.41, 5.74) is 0.990. The number of ether oxygens (including phenoxy) is 2. The molecular weight excluding hydrogens is 290 g/mol. The minimum absolute atomic E-state index is 0.203. The van der Waals surface area contributed by atoms with Crippen LogP contribution < -0.4 is 5.32 Å². The zero-order chi connectivity index (χ0) is 16.5. The minimum Gasteiger partial charge on any atom is -0.479 e. The van der Waals surface area contributed by atoms with E-state index in [1.165, 1.54) is 19.2 Å². The molecule has 0 saturated carbocycles. The first-order chi connectivity index (χ1) is 10.5. The van der Waals surface area contributed by atoms with Gasteiger partial charge < -0.3 is 19.9 Å². The molecule has 0 aliphatic carbocycles. The standard InChI is InChI=1S/C15H19NO6/c1-3-12(14(18)19)22-15(20)10-4-6-11(7-5-10)16-9-8-13(17)21-2/h4-7,12,16H,3,8-9H2,1-2H3,(H,18,19). The molecule has 1 aromatic rings. The number of aliphatic carboxylic acids is 1. The predicted octanol–water partition coefficient (Wildman–Crippen LogP) is 1.68. The molecule has 2 N–H and O–H groups in total. The molecule has 0 aromatic heterocycles. The SMILES string of the molecule is CCC(OC(=O)c1ccc(NCCC(=O)OC)cc1)C(=O)O. The topological polar surface area (TPSA) is 102 Å². The van der Waals surface area contributed by atoms with Crippen LogP contribution in [-0.2, 0) is 19.1 Å². The van der Waals surface area contributed by atoms with Crippen molar-refractivity contribution in [2.75, 3.05) is 19.0 Å². The second-order valence-electron chi connectivity index (χ2n) is 4.47. The molecule has 1 aromatic carbocycles. The van der Waals surface area contributed by atoms with Gasteiger partial charge >= 0.3 is 17.9 Å². The summed E-state index contributed by atoms with van der Waals surface area (Å²) in [6.45, 7) is 2.04. The van der Waals surface area contributed by atoms with E-state index < -0.39 is 18.0 Å². The summed E-state index contributed by atoms with van der Waals surface area (Å²) in [4.78, 5) is 33.6. The van der Waals surface area contributed by atoms with Gasteiger partial charge in [0.2, 0.25) is 0 Å². The van der Waals surface area contributed by atoms with E-state index >= 15 is 0 Å². The van der Waals surface area contributed by atoms with Gasteiger partial charge in [-0.2, -0.15) is 0 Å². The van der Waals surface area contributed by atoms with Crippen LogP contribution in [0.15, 0.2) is 24.3 Å². The Morgan fingerprint density at radius 1 is 1.23 bits per heavy atom. The lowest BCUT2D eigenvalue weighted by Gasteiger charge is -2.12. The number of esters is 2. The van der Waals surface area contributed by atoms with Crippen LogP contribution in [0.1, 0.15) is 30.1 Å². The molecule has 1 rings (SSSR count). The Balaban J connectivity index is 2.55. The fourth-order valence-electron chi connectivity index (χ4n) is 1.64. The zero-order valence-corrected chi connectivity index (χ0v) is 12.5. The third-order valence-electron chi connectivity index (χ3n) is 2.90. The van der Waals surface area contributed by atoms with E-state index in [9.17, 15) is 14.4 Å². The van der Waals surface area contributed by atoms with E-state index in [4.69, 9.17) is 9.84 Å². The van der Waals surface area contributed by atoms with E-state index in [0.717, 1.165) is 5.69 Å². The van der Waals surface area contributed by atoms with Crippen LogP contribution in [0.3, 0.4) is 0 Å². The number of carbonyl (C=O) groups excluding carboxylic acids is 2. The number of hydrogen-bond acceptors (Lipinski definition) is 6. The lowest BCUT2D eigenvalue weighted by Crippen LogP contribution is -2.26. The highest BCUT2D eigenvalue weighted by atomic mass is 16.6. The fourth-order valence-corrected chi connectivity index (χ4v) is 1.64. The Morgan fingerprint density at radius 3 is 2.36 bits per heavy atom. The smallest absolute Gasteiger partial charge is 0.345 e. The average Bonchev–Trinajstić information content (AvgIpc) is 2.52.